The zero-order valence-electron chi connectivity index (χ0n) is 14.4. The minimum absolute atomic E-state index is 0.410. The Labute approximate surface area is 141 Å². The summed E-state index contributed by atoms with van der Waals surface area (Å²) in [5.74, 6) is -0.515. The quantitative estimate of drug-likeness (QED) is 0.637. The van der Waals surface area contributed by atoms with Crippen LogP contribution in [-0.4, -0.2) is 34.3 Å². The Morgan fingerprint density at radius 1 is 1.43 bits per heavy atom. The highest BCUT2D eigenvalue weighted by Crippen LogP contribution is 2.22. The number of aromatic nitrogens is 2. The lowest BCUT2D eigenvalue weighted by atomic mass is 10.1. The highest BCUT2D eigenvalue weighted by Gasteiger charge is 2.29. The smallest absolute Gasteiger partial charge is 0.330 e. The number of halogens is 1. The molecule has 0 aliphatic heterocycles. The second kappa shape index (κ2) is 7.64. The highest BCUT2D eigenvalue weighted by molar-refractivity contribution is 6.31. The number of ether oxygens (including phenoxy) is 1. The van der Waals surface area contributed by atoms with Gasteiger partial charge in [0.1, 0.15) is 10.7 Å². The van der Waals surface area contributed by atoms with Gasteiger partial charge < -0.3 is 10.1 Å². The lowest BCUT2D eigenvalue weighted by molar-refractivity contribution is -0.148. The lowest BCUT2D eigenvalue weighted by Crippen LogP contribution is -2.49. The third-order valence-electron chi connectivity index (χ3n) is 3.18. The molecule has 7 heteroatoms. The Morgan fingerprint density at radius 2 is 2.04 bits per heavy atom. The molecule has 1 amide bonds. The maximum atomic E-state index is 12.0. The molecule has 0 bridgehead atoms. The Kier molecular flexibility index (Phi) is 6.38. The summed E-state index contributed by atoms with van der Waals surface area (Å²) in [7, 11) is 1.28. The maximum Gasteiger partial charge on any atom is 0.330 e. The van der Waals surface area contributed by atoms with Crippen LogP contribution in [0.25, 0.3) is 6.08 Å². The van der Waals surface area contributed by atoms with E-state index in [1.165, 1.54) is 13.2 Å². The van der Waals surface area contributed by atoms with E-state index >= 15 is 0 Å². The van der Waals surface area contributed by atoms with E-state index in [1.807, 2.05) is 6.92 Å². The van der Waals surface area contributed by atoms with Crippen molar-refractivity contribution >= 4 is 29.6 Å². The molecule has 1 rings (SSSR count). The number of hydrogen-bond donors (Lipinski definition) is 1. The Balaban J connectivity index is 2.87. The molecule has 0 aliphatic rings. The van der Waals surface area contributed by atoms with Crippen molar-refractivity contribution in [3.63, 3.8) is 0 Å². The highest BCUT2D eigenvalue weighted by atomic mass is 35.5. The second-order valence-corrected chi connectivity index (χ2v) is 6.66. The van der Waals surface area contributed by atoms with Crippen molar-refractivity contribution < 1.29 is 14.3 Å². The second-order valence-electron chi connectivity index (χ2n) is 6.31. The van der Waals surface area contributed by atoms with Crippen LogP contribution in [0.1, 0.15) is 39.0 Å². The van der Waals surface area contributed by atoms with E-state index in [4.69, 9.17) is 11.6 Å². The van der Waals surface area contributed by atoms with Crippen molar-refractivity contribution in [3.8, 4) is 0 Å². The van der Waals surface area contributed by atoms with Crippen LogP contribution in [-0.2, 0) is 20.9 Å². The Morgan fingerprint density at radius 3 is 2.57 bits per heavy atom. The van der Waals surface area contributed by atoms with Gasteiger partial charge in [0.05, 0.1) is 12.8 Å². The molecule has 0 atom stereocenters. The van der Waals surface area contributed by atoms with E-state index in [1.54, 1.807) is 24.6 Å². The van der Waals surface area contributed by atoms with E-state index in [-0.39, 0.29) is 0 Å². The molecule has 0 spiro atoms. The molecule has 23 heavy (non-hydrogen) atoms. The van der Waals surface area contributed by atoms with Crippen LogP contribution in [0.5, 0.6) is 0 Å². The van der Waals surface area contributed by atoms with Gasteiger partial charge in [-0.15, -0.1) is 0 Å². The molecular formula is C16H24ClN3O3. The monoisotopic (exact) mass is 341 g/mol. The van der Waals surface area contributed by atoms with Crippen LogP contribution in [0, 0.1) is 12.8 Å². The van der Waals surface area contributed by atoms with Crippen LogP contribution >= 0.6 is 11.6 Å². The summed E-state index contributed by atoms with van der Waals surface area (Å²) in [6, 6.07) is 0. The van der Waals surface area contributed by atoms with Crippen LogP contribution in [0.4, 0.5) is 0 Å². The number of esters is 1. The number of nitrogens with one attached hydrogen (secondary N) is 1. The molecule has 1 heterocycles. The molecule has 0 fully saturated rings. The van der Waals surface area contributed by atoms with Crippen molar-refractivity contribution in [1.82, 2.24) is 15.1 Å². The summed E-state index contributed by atoms with van der Waals surface area (Å²) in [5.41, 5.74) is 0.335. The predicted molar refractivity (Wildman–Crippen MR) is 90.1 cm³/mol. The lowest BCUT2D eigenvalue weighted by Gasteiger charge is -2.22. The zero-order valence-corrected chi connectivity index (χ0v) is 15.2. The number of rotatable bonds is 6. The SMILES string of the molecule is COC(=O)C(C)(C)NC(=O)C=Cc1c(C)nn(CC(C)C)c1Cl. The van der Waals surface area contributed by atoms with Crippen molar-refractivity contribution in [2.75, 3.05) is 7.11 Å². The fourth-order valence-corrected chi connectivity index (χ4v) is 2.34. The number of nitrogens with zero attached hydrogens (tertiary/aromatic N) is 2. The first-order chi connectivity index (χ1) is 10.6. The minimum atomic E-state index is -1.10. The Hall–Kier alpha value is -1.82. The average Bonchev–Trinajstić information content (AvgIpc) is 2.69. The molecule has 0 unspecified atom stereocenters. The van der Waals surface area contributed by atoms with Gasteiger partial charge >= 0.3 is 5.97 Å². The average molecular weight is 342 g/mol. The molecule has 0 saturated heterocycles. The number of carbonyl (C=O) groups excluding carboxylic acids is 2. The molecule has 6 nitrogen and oxygen atoms in total. The number of amides is 1. The Bertz CT molecular complexity index is 618. The predicted octanol–water partition coefficient (Wildman–Crippen LogP) is 2.58. The van der Waals surface area contributed by atoms with E-state index in [2.05, 4.69) is 29.0 Å². The zero-order chi connectivity index (χ0) is 17.8. The summed E-state index contributed by atoms with van der Waals surface area (Å²) in [6.07, 6.45) is 2.94. The molecule has 1 aromatic rings. The van der Waals surface area contributed by atoms with Gasteiger partial charge in [-0.1, -0.05) is 25.4 Å². The van der Waals surface area contributed by atoms with E-state index in [0.29, 0.717) is 23.2 Å². The number of aryl methyl sites for hydroxylation is 1. The van der Waals surface area contributed by atoms with Gasteiger partial charge in [-0.3, -0.25) is 9.48 Å². The number of methoxy groups -OCH3 is 1. The van der Waals surface area contributed by atoms with Crippen molar-refractivity contribution in [1.29, 1.82) is 0 Å². The van der Waals surface area contributed by atoms with Crippen LogP contribution < -0.4 is 5.32 Å². The molecule has 0 radical (unpaired) electrons. The fourth-order valence-electron chi connectivity index (χ4n) is 2.04. The number of carbonyl (C=O) groups is 2. The van der Waals surface area contributed by atoms with Gasteiger partial charge in [-0.25, -0.2) is 4.79 Å². The van der Waals surface area contributed by atoms with Crippen LogP contribution in [0.15, 0.2) is 6.08 Å². The van der Waals surface area contributed by atoms with Crippen molar-refractivity contribution in [2.45, 2.75) is 46.7 Å². The van der Waals surface area contributed by atoms with Gasteiger partial charge in [-0.05, 0) is 32.8 Å². The summed E-state index contributed by atoms with van der Waals surface area (Å²) >= 11 is 6.31. The molecule has 0 aliphatic carbocycles. The summed E-state index contributed by atoms with van der Waals surface area (Å²) in [4.78, 5) is 23.5. The summed E-state index contributed by atoms with van der Waals surface area (Å²) in [5, 5.41) is 7.45. The first-order valence-electron chi connectivity index (χ1n) is 7.40. The first-order valence-corrected chi connectivity index (χ1v) is 7.77. The van der Waals surface area contributed by atoms with Crippen molar-refractivity contribution in [3.05, 3.63) is 22.5 Å². The van der Waals surface area contributed by atoms with Gasteiger partial charge in [0, 0.05) is 18.2 Å². The van der Waals surface area contributed by atoms with Crippen LogP contribution in [0.3, 0.4) is 0 Å². The maximum absolute atomic E-state index is 12.0. The van der Waals surface area contributed by atoms with Gasteiger partial charge in [-0.2, -0.15) is 5.10 Å². The normalized spacial score (nSPS) is 12.0. The van der Waals surface area contributed by atoms with E-state index in [0.717, 1.165) is 5.69 Å². The number of hydrogen-bond acceptors (Lipinski definition) is 4. The van der Waals surface area contributed by atoms with E-state index in [9.17, 15) is 9.59 Å². The van der Waals surface area contributed by atoms with Gasteiger partial charge in [0.25, 0.3) is 0 Å². The minimum Gasteiger partial charge on any atom is -0.467 e. The third kappa shape index (κ3) is 5.10. The van der Waals surface area contributed by atoms with Gasteiger partial charge in [0.2, 0.25) is 5.91 Å². The molecular weight excluding hydrogens is 318 g/mol. The summed E-state index contributed by atoms with van der Waals surface area (Å²) in [6.45, 7) is 9.83. The first kappa shape index (κ1) is 19.2. The molecule has 1 N–H and O–H groups in total. The molecule has 1 aromatic heterocycles. The molecule has 0 aromatic carbocycles. The topological polar surface area (TPSA) is 73.2 Å². The molecule has 128 valence electrons. The largest absolute Gasteiger partial charge is 0.467 e. The molecule has 0 saturated carbocycles. The van der Waals surface area contributed by atoms with Crippen molar-refractivity contribution in [2.24, 2.45) is 5.92 Å². The van der Waals surface area contributed by atoms with Gasteiger partial charge in [0.15, 0.2) is 0 Å². The summed E-state index contributed by atoms with van der Waals surface area (Å²) < 4.78 is 6.36. The standard InChI is InChI=1S/C16H24ClN3O3/c1-10(2)9-20-14(17)12(11(3)19-20)7-8-13(21)18-16(4,5)15(22)23-6/h7-8,10H,9H2,1-6H3,(H,18,21). The fraction of sp³-hybridized carbons (Fsp3) is 0.562. The third-order valence-corrected chi connectivity index (χ3v) is 3.58. The van der Waals surface area contributed by atoms with Crippen LogP contribution in [0.2, 0.25) is 5.15 Å². The van der Waals surface area contributed by atoms with E-state index < -0.39 is 17.4 Å².